The number of carbonyl (C=O) groups excluding carboxylic acids is 1. The highest BCUT2D eigenvalue weighted by Gasteiger charge is 2.25. The van der Waals surface area contributed by atoms with Crippen LogP contribution in [-0.2, 0) is 16.1 Å². The third-order valence-corrected chi connectivity index (χ3v) is 4.10. The Morgan fingerprint density at radius 1 is 1.30 bits per heavy atom. The van der Waals surface area contributed by atoms with E-state index in [2.05, 4.69) is 4.98 Å². The molecule has 0 fully saturated rings. The van der Waals surface area contributed by atoms with Gasteiger partial charge >= 0.3 is 5.69 Å². The summed E-state index contributed by atoms with van der Waals surface area (Å²) < 4.78 is 38.1. The Morgan fingerprint density at radius 2 is 2.00 bits per heavy atom. The van der Waals surface area contributed by atoms with Crippen LogP contribution >= 0.6 is 0 Å². The Morgan fingerprint density at radius 3 is 2.60 bits per heavy atom. The number of aromatic amines is 1. The third kappa shape index (κ3) is 5.44. The Labute approximate surface area is 171 Å². The first kappa shape index (κ1) is 23.1. The highest BCUT2D eigenvalue weighted by molar-refractivity contribution is 5.96. The maximum absolute atomic E-state index is 13.8. The number of nitrogen functional groups attached to an aromatic ring is 1. The maximum Gasteiger partial charge on any atom is 0.330 e. The summed E-state index contributed by atoms with van der Waals surface area (Å²) in [6.45, 7) is 3.26. The minimum atomic E-state index is -0.978. The molecular weight excluding hydrogens is 402 g/mol. The molecule has 0 atom stereocenters. The lowest BCUT2D eigenvalue weighted by molar-refractivity contribution is -0.120. The molecule has 2 aromatic rings. The lowest BCUT2D eigenvalue weighted by Crippen LogP contribution is -2.44. The highest BCUT2D eigenvalue weighted by Crippen LogP contribution is 2.20. The Balaban J connectivity index is 2.38. The SMILES string of the molecule is COCCN(C(=O)COc1ccc(F)cc1F)c1c(N)n(CC(C)C)c(=O)[nH]c1=O. The molecule has 1 heterocycles. The number of H-pyrrole nitrogens is 1. The van der Waals surface area contributed by atoms with Gasteiger partial charge in [0.15, 0.2) is 23.9 Å². The number of aromatic nitrogens is 2. The lowest BCUT2D eigenvalue weighted by Gasteiger charge is -2.24. The molecule has 0 unspecified atom stereocenters. The second kappa shape index (κ2) is 10.0. The summed E-state index contributed by atoms with van der Waals surface area (Å²) in [5.74, 6) is -2.98. The van der Waals surface area contributed by atoms with E-state index in [1.807, 2.05) is 13.8 Å². The van der Waals surface area contributed by atoms with E-state index in [1.165, 1.54) is 7.11 Å². The van der Waals surface area contributed by atoms with E-state index in [-0.39, 0.29) is 42.9 Å². The zero-order valence-electron chi connectivity index (χ0n) is 16.9. The van der Waals surface area contributed by atoms with Gasteiger partial charge in [0.1, 0.15) is 11.6 Å². The second-order valence-corrected chi connectivity index (χ2v) is 6.90. The van der Waals surface area contributed by atoms with Gasteiger partial charge in [-0.25, -0.2) is 13.6 Å². The van der Waals surface area contributed by atoms with Gasteiger partial charge in [0.05, 0.1) is 6.61 Å². The van der Waals surface area contributed by atoms with Crippen molar-refractivity contribution in [2.75, 3.05) is 37.5 Å². The predicted octanol–water partition coefficient (Wildman–Crippen LogP) is 1.11. The maximum atomic E-state index is 13.8. The summed E-state index contributed by atoms with van der Waals surface area (Å²) in [6, 6.07) is 2.64. The molecule has 0 aliphatic carbocycles. The third-order valence-electron chi connectivity index (χ3n) is 4.10. The topological polar surface area (TPSA) is 120 Å². The van der Waals surface area contributed by atoms with Gasteiger partial charge in [-0.05, 0) is 18.1 Å². The molecule has 0 spiro atoms. The monoisotopic (exact) mass is 426 g/mol. The second-order valence-electron chi connectivity index (χ2n) is 6.90. The number of benzene rings is 1. The van der Waals surface area contributed by atoms with E-state index in [1.54, 1.807) is 0 Å². The largest absolute Gasteiger partial charge is 0.481 e. The van der Waals surface area contributed by atoms with Gasteiger partial charge < -0.3 is 15.2 Å². The molecule has 0 saturated heterocycles. The number of nitrogens with two attached hydrogens (primary N) is 1. The average Bonchev–Trinajstić information content (AvgIpc) is 2.66. The highest BCUT2D eigenvalue weighted by atomic mass is 19.1. The van der Waals surface area contributed by atoms with E-state index in [0.29, 0.717) is 6.07 Å². The van der Waals surface area contributed by atoms with E-state index in [9.17, 15) is 23.2 Å². The fourth-order valence-electron chi connectivity index (χ4n) is 2.74. The molecule has 3 N–H and O–H groups in total. The number of amides is 1. The van der Waals surface area contributed by atoms with Gasteiger partial charge in [0.2, 0.25) is 0 Å². The zero-order chi connectivity index (χ0) is 22.4. The van der Waals surface area contributed by atoms with Crippen molar-refractivity contribution in [2.24, 2.45) is 5.92 Å². The molecule has 0 radical (unpaired) electrons. The van der Waals surface area contributed by atoms with Crippen molar-refractivity contribution >= 4 is 17.4 Å². The molecule has 1 amide bonds. The standard InChI is InChI=1S/C19H24F2N4O5/c1-11(2)9-25-17(22)16(18(27)23-19(25)28)24(6-7-29-3)15(26)10-30-14-5-4-12(20)8-13(14)21/h4-5,8,11H,6-7,9-10,22H2,1-3H3,(H,23,27,28). The van der Waals surface area contributed by atoms with Gasteiger partial charge in [-0.3, -0.25) is 24.0 Å². The van der Waals surface area contributed by atoms with E-state index >= 15 is 0 Å². The van der Waals surface area contributed by atoms with Crippen molar-refractivity contribution in [3.63, 3.8) is 0 Å². The van der Waals surface area contributed by atoms with Crippen LogP contribution in [-0.4, -0.2) is 42.3 Å². The molecule has 11 heteroatoms. The first-order chi connectivity index (χ1) is 14.1. The Bertz CT molecular complexity index is 1020. The van der Waals surface area contributed by atoms with Crippen LogP contribution in [0.1, 0.15) is 13.8 Å². The number of anilines is 2. The van der Waals surface area contributed by atoms with Gasteiger partial charge in [-0.15, -0.1) is 0 Å². The van der Waals surface area contributed by atoms with Crippen molar-refractivity contribution in [1.29, 1.82) is 0 Å². The molecule has 0 saturated carbocycles. The number of nitrogens with one attached hydrogen (secondary N) is 1. The van der Waals surface area contributed by atoms with E-state index < -0.39 is 35.4 Å². The van der Waals surface area contributed by atoms with Crippen molar-refractivity contribution in [3.8, 4) is 5.75 Å². The summed E-state index contributed by atoms with van der Waals surface area (Å²) >= 11 is 0. The molecule has 0 aliphatic heterocycles. The smallest absolute Gasteiger partial charge is 0.330 e. The molecular formula is C19H24F2N4O5. The van der Waals surface area contributed by atoms with Crippen LogP contribution in [0.3, 0.4) is 0 Å². The zero-order valence-corrected chi connectivity index (χ0v) is 16.9. The molecule has 0 bridgehead atoms. The van der Waals surface area contributed by atoms with Crippen LogP contribution in [0.4, 0.5) is 20.3 Å². The van der Waals surface area contributed by atoms with Gasteiger partial charge in [0, 0.05) is 26.3 Å². The summed E-state index contributed by atoms with van der Waals surface area (Å²) in [5.41, 5.74) is 4.27. The van der Waals surface area contributed by atoms with Crippen molar-refractivity contribution < 1.29 is 23.0 Å². The molecule has 0 aliphatic rings. The summed E-state index contributed by atoms with van der Waals surface area (Å²) in [7, 11) is 1.40. The fraction of sp³-hybridized carbons (Fsp3) is 0.421. The van der Waals surface area contributed by atoms with Crippen LogP contribution in [0.25, 0.3) is 0 Å². The number of halogens is 2. The number of rotatable bonds is 9. The number of methoxy groups -OCH3 is 1. The van der Waals surface area contributed by atoms with E-state index in [0.717, 1.165) is 21.6 Å². The molecule has 1 aromatic carbocycles. The summed E-state index contributed by atoms with van der Waals surface area (Å²) in [6.07, 6.45) is 0. The van der Waals surface area contributed by atoms with Crippen LogP contribution in [0.15, 0.2) is 27.8 Å². The molecule has 1 aromatic heterocycles. The normalized spacial score (nSPS) is 11.0. The minimum Gasteiger partial charge on any atom is -0.481 e. The summed E-state index contributed by atoms with van der Waals surface area (Å²) in [4.78, 5) is 40.5. The van der Waals surface area contributed by atoms with Crippen molar-refractivity contribution in [2.45, 2.75) is 20.4 Å². The van der Waals surface area contributed by atoms with Gasteiger partial charge in [-0.1, -0.05) is 13.8 Å². The average molecular weight is 426 g/mol. The van der Waals surface area contributed by atoms with Crippen LogP contribution in [0, 0.1) is 17.6 Å². The van der Waals surface area contributed by atoms with Crippen LogP contribution in [0.5, 0.6) is 5.75 Å². The number of carbonyl (C=O) groups is 1. The lowest BCUT2D eigenvalue weighted by atomic mass is 10.2. The molecule has 2 rings (SSSR count). The molecule has 9 nitrogen and oxygen atoms in total. The Kier molecular flexibility index (Phi) is 7.70. The summed E-state index contributed by atoms with van der Waals surface area (Å²) in [5, 5.41) is 0. The van der Waals surface area contributed by atoms with Crippen LogP contribution < -0.4 is 26.6 Å². The first-order valence-electron chi connectivity index (χ1n) is 9.15. The van der Waals surface area contributed by atoms with Crippen LogP contribution in [0.2, 0.25) is 0 Å². The molecule has 164 valence electrons. The minimum absolute atomic E-state index is 0.0386. The number of ether oxygens (including phenoxy) is 2. The fourth-order valence-corrected chi connectivity index (χ4v) is 2.74. The van der Waals surface area contributed by atoms with Crippen molar-refractivity contribution in [3.05, 3.63) is 50.7 Å². The van der Waals surface area contributed by atoms with Gasteiger partial charge in [0.25, 0.3) is 11.5 Å². The molecule has 30 heavy (non-hydrogen) atoms. The van der Waals surface area contributed by atoms with Crippen molar-refractivity contribution in [1.82, 2.24) is 9.55 Å². The number of hydrogen-bond acceptors (Lipinski definition) is 6. The van der Waals surface area contributed by atoms with Gasteiger partial charge in [-0.2, -0.15) is 0 Å². The number of hydrogen-bond donors (Lipinski definition) is 2. The first-order valence-corrected chi connectivity index (χ1v) is 9.15. The van der Waals surface area contributed by atoms with E-state index in [4.69, 9.17) is 15.2 Å². The predicted molar refractivity (Wildman–Crippen MR) is 107 cm³/mol. The number of nitrogens with zero attached hydrogens (tertiary/aromatic N) is 2. The Hall–Kier alpha value is -3.21. The quantitative estimate of drug-likeness (QED) is 0.620.